The molecule has 0 saturated heterocycles. The quantitative estimate of drug-likeness (QED) is 0.664. The van der Waals surface area contributed by atoms with Crippen LogP contribution in [0, 0.1) is 0 Å². The highest BCUT2D eigenvalue weighted by atomic mass is 35.5. The topological polar surface area (TPSA) is 38.3 Å². The summed E-state index contributed by atoms with van der Waals surface area (Å²) < 4.78 is 5.73. The van der Waals surface area contributed by atoms with Gasteiger partial charge in [0.25, 0.3) is 5.91 Å². The Balaban J connectivity index is 1.71. The number of amides is 1. The van der Waals surface area contributed by atoms with Gasteiger partial charge in [0.15, 0.2) is 6.10 Å². The van der Waals surface area contributed by atoms with Crippen molar-refractivity contribution in [1.29, 1.82) is 0 Å². The molecule has 1 N–H and O–H groups in total. The molecule has 0 spiro atoms. The molecular weight excluding hydrogens is 342 g/mol. The van der Waals surface area contributed by atoms with E-state index < -0.39 is 6.10 Å². The maximum absolute atomic E-state index is 12.2. The first-order valence-electron chi connectivity index (χ1n) is 8.01. The van der Waals surface area contributed by atoms with Crippen LogP contribution in [0.1, 0.15) is 18.9 Å². The molecule has 0 bridgehead atoms. The largest absolute Gasteiger partial charge is 0.479 e. The number of hydrogen-bond donors (Lipinski definition) is 1. The van der Waals surface area contributed by atoms with Crippen molar-refractivity contribution in [1.82, 2.24) is 5.32 Å². The highest BCUT2D eigenvalue weighted by Gasteiger charge is 2.18. The molecule has 2 aromatic carbocycles. The van der Waals surface area contributed by atoms with Gasteiger partial charge in [-0.15, -0.1) is 0 Å². The molecule has 0 aromatic heterocycles. The third-order valence-electron chi connectivity index (χ3n) is 3.43. The van der Waals surface area contributed by atoms with Crippen LogP contribution in [0.3, 0.4) is 0 Å². The van der Waals surface area contributed by atoms with E-state index in [2.05, 4.69) is 17.4 Å². The third kappa shape index (κ3) is 6.10. The summed E-state index contributed by atoms with van der Waals surface area (Å²) in [6, 6.07) is 17.5. The fraction of sp³-hybridized carbons (Fsp3) is 0.316. The van der Waals surface area contributed by atoms with Gasteiger partial charge in [0.2, 0.25) is 0 Å². The number of carbonyl (C=O) groups is 1. The van der Waals surface area contributed by atoms with Gasteiger partial charge in [-0.3, -0.25) is 4.79 Å². The fourth-order valence-corrected chi connectivity index (χ4v) is 3.14. The number of halogens is 1. The zero-order chi connectivity index (χ0) is 17.2. The van der Waals surface area contributed by atoms with E-state index in [0.717, 1.165) is 11.5 Å². The van der Waals surface area contributed by atoms with Crippen LogP contribution in [0.4, 0.5) is 0 Å². The summed E-state index contributed by atoms with van der Waals surface area (Å²) in [5, 5.41) is 3.45. The molecule has 0 aliphatic rings. The van der Waals surface area contributed by atoms with Gasteiger partial charge in [-0.2, -0.15) is 11.8 Å². The molecule has 1 unspecified atom stereocenters. The number of hydrogen-bond acceptors (Lipinski definition) is 3. The molecule has 0 radical (unpaired) electrons. The summed E-state index contributed by atoms with van der Waals surface area (Å²) in [5.74, 6) is 2.25. The lowest BCUT2D eigenvalue weighted by Crippen LogP contribution is -2.39. The van der Waals surface area contributed by atoms with Gasteiger partial charge in [-0.1, -0.05) is 61.0 Å². The van der Waals surface area contributed by atoms with Crippen LogP contribution >= 0.6 is 23.4 Å². The summed E-state index contributed by atoms with van der Waals surface area (Å²) in [4.78, 5) is 12.2. The van der Waals surface area contributed by atoms with E-state index in [4.69, 9.17) is 16.3 Å². The van der Waals surface area contributed by atoms with Gasteiger partial charge in [-0.05, 0) is 24.1 Å². The molecule has 128 valence electrons. The molecule has 5 heteroatoms. The number of benzene rings is 2. The summed E-state index contributed by atoms with van der Waals surface area (Å²) in [6.07, 6.45) is 0.0674. The number of para-hydroxylation sites is 1. The van der Waals surface area contributed by atoms with Crippen LogP contribution in [0.15, 0.2) is 54.6 Å². The number of rotatable bonds is 9. The molecule has 24 heavy (non-hydrogen) atoms. The van der Waals surface area contributed by atoms with Crippen molar-refractivity contribution in [3.63, 3.8) is 0 Å². The second-order valence-corrected chi connectivity index (χ2v) is 6.79. The first-order valence-corrected chi connectivity index (χ1v) is 9.54. The molecule has 1 amide bonds. The maximum atomic E-state index is 12.2. The van der Waals surface area contributed by atoms with E-state index in [1.165, 1.54) is 5.56 Å². The smallest absolute Gasteiger partial charge is 0.261 e. The average molecular weight is 364 g/mol. The molecule has 0 aliphatic heterocycles. The molecule has 0 fully saturated rings. The molecular formula is C19H22ClNO2S. The van der Waals surface area contributed by atoms with Crippen molar-refractivity contribution in [2.45, 2.75) is 25.2 Å². The molecule has 2 aromatic rings. The molecule has 0 heterocycles. The van der Waals surface area contributed by atoms with Crippen LogP contribution in [0.25, 0.3) is 0 Å². The van der Waals surface area contributed by atoms with Crippen LogP contribution in [-0.4, -0.2) is 24.3 Å². The van der Waals surface area contributed by atoms with Gasteiger partial charge >= 0.3 is 0 Å². The normalized spacial score (nSPS) is 11.8. The van der Waals surface area contributed by atoms with Crippen LogP contribution in [0.2, 0.25) is 5.02 Å². The highest BCUT2D eigenvalue weighted by molar-refractivity contribution is 7.98. The van der Waals surface area contributed by atoms with Gasteiger partial charge < -0.3 is 10.1 Å². The number of thioether (sulfide) groups is 1. The van der Waals surface area contributed by atoms with Crippen molar-refractivity contribution < 1.29 is 9.53 Å². The van der Waals surface area contributed by atoms with E-state index in [9.17, 15) is 4.79 Å². The predicted octanol–water partition coefficient (Wildman–Crippen LogP) is 4.55. The lowest BCUT2D eigenvalue weighted by atomic mass is 10.2. The number of nitrogens with one attached hydrogen (secondary N) is 1. The Hall–Kier alpha value is -1.65. The minimum absolute atomic E-state index is 0.0993. The standard InChI is InChI=1S/C19H22ClNO2S/c1-2-17(23-18-11-7-6-10-16(18)20)19(22)21-12-13-24-14-15-8-4-3-5-9-15/h3-11,17H,2,12-14H2,1H3,(H,21,22). The van der Waals surface area contributed by atoms with E-state index >= 15 is 0 Å². The van der Waals surface area contributed by atoms with Gasteiger partial charge in [0.1, 0.15) is 5.75 Å². The molecule has 1 atom stereocenters. The first kappa shape index (κ1) is 18.7. The number of ether oxygens (including phenoxy) is 1. The van der Waals surface area contributed by atoms with Crippen molar-refractivity contribution >= 4 is 29.3 Å². The van der Waals surface area contributed by atoms with Crippen LogP contribution in [0.5, 0.6) is 5.75 Å². The van der Waals surface area contributed by atoms with Crippen molar-refractivity contribution in [2.75, 3.05) is 12.3 Å². The second kappa shape index (κ2) is 10.3. The van der Waals surface area contributed by atoms with E-state index in [1.54, 1.807) is 23.9 Å². The minimum atomic E-state index is -0.524. The fourth-order valence-electron chi connectivity index (χ4n) is 2.14. The summed E-state index contributed by atoms with van der Waals surface area (Å²) in [5.41, 5.74) is 1.29. The summed E-state index contributed by atoms with van der Waals surface area (Å²) in [7, 11) is 0. The van der Waals surface area contributed by atoms with Gasteiger partial charge in [0.05, 0.1) is 5.02 Å². The first-order chi connectivity index (χ1) is 11.7. The molecule has 0 aliphatic carbocycles. The van der Waals surface area contributed by atoms with Gasteiger partial charge in [-0.25, -0.2) is 0 Å². The van der Waals surface area contributed by atoms with Crippen molar-refractivity contribution in [3.05, 3.63) is 65.2 Å². The predicted molar refractivity (Wildman–Crippen MR) is 102 cm³/mol. The Bertz CT molecular complexity index is 636. The van der Waals surface area contributed by atoms with Crippen molar-refractivity contribution in [2.24, 2.45) is 0 Å². The molecule has 2 rings (SSSR count). The monoisotopic (exact) mass is 363 g/mol. The summed E-state index contributed by atoms with van der Waals surface area (Å²) in [6.45, 7) is 2.55. The molecule has 0 saturated carbocycles. The van der Waals surface area contributed by atoms with Crippen LogP contribution < -0.4 is 10.1 Å². The Morgan fingerprint density at radius 1 is 1.17 bits per heavy atom. The Labute approximate surface area is 152 Å². The average Bonchev–Trinajstić information content (AvgIpc) is 2.61. The van der Waals surface area contributed by atoms with Gasteiger partial charge in [0, 0.05) is 18.1 Å². The van der Waals surface area contributed by atoms with E-state index in [1.807, 2.05) is 37.3 Å². The number of carbonyl (C=O) groups excluding carboxylic acids is 1. The van der Waals surface area contributed by atoms with E-state index in [-0.39, 0.29) is 5.91 Å². The van der Waals surface area contributed by atoms with Crippen molar-refractivity contribution in [3.8, 4) is 5.75 Å². The zero-order valence-corrected chi connectivity index (χ0v) is 15.3. The van der Waals surface area contributed by atoms with Crippen LogP contribution in [-0.2, 0) is 10.5 Å². The SMILES string of the molecule is CCC(Oc1ccccc1Cl)C(=O)NCCSCc1ccccc1. The lowest BCUT2D eigenvalue weighted by Gasteiger charge is -2.18. The van der Waals surface area contributed by atoms with E-state index in [0.29, 0.717) is 23.7 Å². The Morgan fingerprint density at radius 3 is 2.58 bits per heavy atom. The highest BCUT2D eigenvalue weighted by Crippen LogP contribution is 2.24. The minimum Gasteiger partial charge on any atom is -0.479 e. The Kier molecular flexibility index (Phi) is 7.99. The second-order valence-electron chi connectivity index (χ2n) is 5.27. The molecule has 3 nitrogen and oxygen atoms in total. The Morgan fingerprint density at radius 2 is 1.88 bits per heavy atom. The zero-order valence-electron chi connectivity index (χ0n) is 13.7. The maximum Gasteiger partial charge on any atom is 0.261 e. The third-order valence-corrected chi connectivity index (χ3v) is 4.77. The lowest BCUT2D eigenvalue weighted by molar-refractivity contribution is -0.127. The summed E-state index contributed by atoms with van der Waals surface area (Å²) >= 11 is 7.87.